The highest BCUT2D eigenvalue weighted by Gasteiger charge is 2.32. The summed E-state index contributed by atoms with van der Waals surface area (Å²) in [4.78, 5) is 18.8. The Labute approximate surface area is 249 Å². The number of hydrogen-bond acceptors (Lipinski definition) is 9. The van der Waals surface area contributed by atoms with Gasteiger partial charge in [0.2, 0.25) is 5.88 Å². The fraction of sp³-hybridized carbons (Fsp3) is 0.121. The molecule has 10 heteroatoms. The smallest absolute Gasteiger partial charge is 0.286 e. The second kappa shape index (κ2) is 12.8. The molecule has 1 heterocycles. The zero-order valence-electron chi connectivity index (χ0n) is 23.7. The zero-order valence-corrected chi connectivity index (χ0v) is 23.7. The molecule has 0 saturated carbocycles. The normalized spacial score (nSPS) is 14.4. The van der Waals surface area contributed by atoms with E-state index in [-0.39, 0.29) is 23.2 Å². The first-order valence-electron chi connectivity index (χ1n) is 13.4. The maximum atomic E-state index is 12.6. The van der Waals surface area contributed by atoms with E-state index in [0.29, 0.717) is 40.5 Å². The van der Waals surface area contributed by atoms with Crippen LogP contribution in [0.3, 0.4) is 0 Å². The van der Waals surface area contributed by atoms with Gasteiger partial charge >= 0.3 is 0 Å². The fourth-order valence-electron chi connectivity index (χ4n) is 4.29. The Balaban J connectivity index is 1.51. The van der Waals surface area contributed by atoms with E-state index >= 15 is 0 Å². The van der Waals surface area contributed by atoms with Crippen LogP contribution in [0.2, 0.25) is 0 Å². The van der Waals surface area contributed by atoms with Crippen molar-refractivity contribution in [3.8, 4) is 29.1 Å². The van der Waals surface area contributed by atoms with Crippen molar-refractivity contribution in [3.63, 3.8) is 0 Å². The average Bonchev–Trinajstić information content (AvgIpc) is 3.03. The van der Waals surface area contributed by atoms with Gasteiger partial charge in [-0.15, -0.1) is 0 Å². The molecule has 0 aliphatic carbocycles. The van der Waals surface area contributed by atoms with E-state index in [1.54, 1.807) is 68.7 Å². The van der Waals surface area contributed by atoms with Gasteiger partial charge in [0.15, 0.2) is 11.5 Å². The van der Waals surface area contributed by atoms with Gasteiger partial charge in [0, 0.05) is 32.1 Å². The van der Waals surface area contributed by atoms with Crippen molar-refractivity contribution in [3.05, 3.63) is 131 Å². The number of hydrogen-bond donors (Lipinski definition) is 2. The quantitative estimate of drug-likeness (QED) is 0.272. The van der Waals surface area contributed by atoms with Crippen LogP contribution in [0.1, 0.15) is 21.5 Å². The summed E-state index contributed by atoms with van der Waals surface area (Å²) in [6.45, 7) is 0. The zero-order chi connectivity index (χ0) is 30.3. The van der Waals surface area contributed by atoms with Crippen LogP contribution in [-0.4, -0.2) is 42.0 Å². The lowest BCUT2D eigenvalue weighted by Crippen LogP contribution is -2.49. The van der Waals surface area contributed by atoms with Crippen molar-refractivity contribution in [2.75, 3.05) is 14.1 Å². The lowest BCUT2D eigenvalue weighted by atomic mass is 10.1. The molecule has 1 atom stereocenters. The SMILES string of the molecule is CN(C)C(=O)c1cccc(OC2=C(N)C(Cc3ccccc3)=NC(Oc3cc(C#N)ccc3Oc3ccccc3)N2N)c1. The third-order valence-electron chi connectivity index (χ3n) is 6.47. The van der Waals surface area contributed by atoms with Crippen molar-refractivity contribution in [2.45, 2.75) is 12.8 Å². The standard InChI is InChI=1S/C33H30N6O4/c1-38(2)31(40)24-12-9-15-26(20-24)42-32-30(35)27(18-22-10-5-3-6-11-22)37-33(39(32)36)43-29-19-23(21-34)16-17-28(29)41-25-13-7-4-8-14-25/h3-17,19-20,33H,18,35-36H2,1-2H3. The van der Waals surface area contributed by atoms with Crippen LogP contribution in [0.25, 0.3) is 0 Å². The highest BCUT2D eigenvalue weighted by molar-refractivity contribution is 6.01. The molecule has 4 N–H and O–H groups in total. The van der Waals surface area contributed by atoms with Crippen LogP contribution >= 0.6 is 0 Å². The first-order chi connectivity index (χ1) is 20.8. The van der Waals surface area contributed by atoms with E-state index in [9.17, 15) is 10.1 Å². The van der Waals surface area contributed by atoms with Crippen LogP contribution in [0.5, 0.6) is 23.0 Å². The number of carbonyl (C=O) groups is 1. The van der Waals surface area contributed by atoms with Crippen LogP contribution < -0.4 is 25.8 Å². The van der Waals surface area contributed by atoms with Gasteiger partial charge in [0.25, 0.3) is 12.3 Å². The Bertz CT molecular complexity index is 1710. The monoisotopic (exact) mass is 574 g/mol. The minimum absolute atomic E-state index is 0.0855. The lowest BCUT2D eigenvalue weighted by Gasteiger charge is -2.33. The van der Waals surface area contributed by atoms with E-state index in [1.165, 1.54) is 4.90 Å². The molecule has 1 aliphatic heterocycles. The summed E-state index contributed by atoms with van der Waals surface area (Å²) in [7, 11) is 3.34. The van der Waals surface area contributed by atoms with Gasteiger partial charge in [-0.3, -0.25) is 4.79 Å². The predicted octanol–water partition coefficient (Wildman–Crippen LogP) is 4.79. The number of nitrogens with zero attached hydrogens (tertiary/aromatic N) is 4. The molecule has 0 aromatic heterocycles. The number of carbonyl (C=O) groups excluding carboxylic acids is 1. The Morgan fingerprint density at radius 2 is 1.60 bits per heavy atom. The van der Waals surface area contributed by atoms with E-state index < -0.39 is 6.35 Å². The van der Waals surface area contributed by atoms with Gasteiger partial charge in [0.05, 0.1) is 17.3 Å². The van der Waals surface area contributed by atoms with Crippen molar-refractivity contribution < 1.29 is 19.0 Å². The highest BCUT2D eigenvalue weighted by atomic mass is 16.6. The Morgan fingerprint density at radius 3 is 2.30 bits per heavy atom. The summed E-state index contributed by atoms with van der Waals surface area (Å²) in [5.74, 6) is 7.97. The maximum absolute atomic E-state index is 12.6. The minimum Gasteiger partial charge on any atom is -0.453 e. The van der Waals surface area contributed by atoms with Crippen molar-refractivity contribution in [2.24, 2.45) is 16.6 Å². The molecule has 0 radical (unpaired) electrons. The van der Waals surface area contributed by atoms with Crippen molar-refractivity contribution in [1.82, 2.24) is 9.91 Å². The number of nitriles is 1. The first-order valence-corrected chi connectivity index (χ1v) is 13.4. The number of aliphatic imine (C=N–C) groups is 1. The Hall–Kier alpha value is -5.79. The molecular formula is C33H30N6O4. The number of nitrogens with two attached hydrogens (primary N) is 2. The van der Waals surface area contributed by atoms with E-state index in [2.05, 4.69) is 6.07 Å². The van der Waals surface area contributed by atoms with Crippen molar-refractivity contribution in [1.29, 1.82) is 5.26 Å². The maximum Gasteiger partial charge on any atom is 0.286 e. The Morgan fingerprint density at radius 1 is 0.907 bits per heavy atom. The summed E-state index contributed by atoms with van der Waals surface area (Å²) in [6.07, 6.45) is -0.766. The number of para-hydroxylation sites is 1. The fourth-order valence-corrected chi connectivity index (χ4v) is 4.29. The highest BCUT2D eigenvalue weighted by Crippen LogP contribution is 2.35. The third-order valence-corrected chi connectivity index (χ3v) is 6.47. The predicted molar refractivity (Wildman–Crippen MR) is 162 cm³/mol. The molecule has 0 saturated heterocycles. The molecule has 5 rings (SSSR count). The van der Waals surface area contributed by atoms with Crippen LogP contribution in [0.4, 0.5) is 0 Å². The van der Waals surface area contributed by atoms with E-state index in [0.717, 1.165) is 10.6 Å². The first kappa shape index (κ1) is 28.7. The number of benzene rings is 4. The van der Waals surface area contributed by atoms with Crippen LogP contribution in [0, 0.1) is 11.3 Å². The molecule has 0 fully saturated rings. The summed E-state index contributed by atoms with van der Waals surface area (Å²) < 4.78 is 18.6. The second-order valence-electron chi connectivity index (χ2n) is 9.83. The summed E-state index contributed by atoms with van der Waals surface area (Å²) >= 11 is 0. The number of allylic oxidation sites excluding steroid dienone is 1. The summed E-state index contributed by atoms with van der Waals surface area (Å²) in [6, 6.07) is 32.5. The average molecular weight is 575 g/mol. The molecule has 4 aromatic carbocycles. The molecule has 0 bridgehead atoms. The van der Waals surface area contributed by atoms with Gasteiger partial charge in [-0.05, 0) is 48.0 Å². The molecule has 1 amide bonds. The van der Waals surface area contributed by atoms with E-state index in [1.807, 2.05) is 48.5 Å². The molecule has 216 valence electrons. The second-order valence-corrected chi connectivity index (χ2v) is 9.83. The van der Waals surface area contributed by atoms with Gasteiger partial charge in [0.1, 0.15) is 17.2 Å². The van der Waals surface area contributed by atoms with Gasteiger partial charge in [-0.1, -0.05) is 54.6 Å². The number of amides is 1. The molecule has 10 nitrogen and oxygen atoms in total. The molecule has 0 spiro atoms. The van der Waals surface area contributed by atoms with Gasteiger partial charge in [-0.2, -0.15) is 5.26 Å². The van der Waals surface area contributed by atoms with Gasteiger partial charge < -0.3 is 24.8 Å². The topological polar surface area (TPSA) is 139 Å². The molecule has 1 unspecified atom stereocenters. The summed E-state index contributed by atoms with van der Waals surface area (Å²) in [5, 5.41) is 10.7. The minimum atomic E-state index is -1.14. The molecular weight excluding hydrogens is 544 g/mol. The van der Waals surface area contributed by atoms with Crippen molar-refractivity contribution >= 4 is 11.6 Å². The molecule has 4 aromatic rings. The number of rotatable bonds is 9. The number of hydrazine groups is 1. The van der Waals surface area contributed by atoms with E-state index in [4.69, 9.17) is 30.8 Å². The van der Waals surface area contributed by atoms with Gasteiger partial charge in [-0.25, -0.2) is 15.8 Å². The number of ether oxygens (including phenoxy) is 3. The Kier molecular flexibility index (Phi) is 8.55. The third kappa shape index (κ3) is 6.75. The largest absolute Gasteiger partial charge is 0.453 e. The molecule has 43 heavy (non-hydrogen) atoms. The lowest BCUT2D eigenvalue weighted by molar-refractivity contribution is 0.0211. The summed E-state index contributed by atoms with van der Waals surface area (Å²) in [5.41, 5.74) is 9.04. The molecule has 1 aliphatic rings. The van der Waals surface area contributed by atoms with Crippen LogP contribution in [0.15, 0.2) is 120 Å². The van der Waals surface area contributed by atoms with Crippen LogP contribution in [-0.2, 0) is 6.42 Å².